The lowest BCUT2D eigenvalue weighted by Crippen LogP contribution is -2.22. The lowest BCUT2D eigenvalue weighted by Gasteiger charge is -2.24. The summed E-state index contributed by atoms with van der Waals surface area (Å²) in [6.45, 7) is 3.67. The molecule has 0 aliphatic carbocycles. The molecule has 1 unspecified atom stereocenters. The minimum Gasteiger partial charge on any atom is -0.352 e. The van der Waals surface area contributed by atoms with Crippen LogP contribution >= 0.6 is 0 Å². The first-order valence-electron chi connectivity index (χ1n) is 8.09. The number of ether oxygens (including phenoxy) is 1. The summed E-state index contributed by atoms with van der Waals surface area (Å²) in [6, 6.07) is 17.0. The molecule has 1 fully saturated rings. The van der Waals surface area contributed by atoms with Crippen molar-refractivity contribution in [1.82, 2.24) is 4.57 Å². The molecule has 1 atom stereocenters. The summed E-state index contributed by atoms with van der Waals surface area (Å²) >= 11 is 0. The molecule has 0 amide bonds. The molecule has 0 N–H and O–H groups in total. The Bertz CT molecular complexity index is 824. The molecule has 3 nitrogen and oxygen atoms in total. The van der Waals surface area contributed by atoms with Crippen molar-refractivity contribution in [3.05, 3.63) is 83.9 Å². The molecule has 0 saturated carbocycles. The zero-order valence-corrected chi connectivity index (χ0v) is 13.5. The van der Waals surface area contributed by atoms with Crippen LogP contribution in [0.25, 0.3) is 5.69 Å². The molecule has 4 rings (SSSR count). The molecule has 1 aliphatic heterocycles. The molecule has 1 aliphatic rings. The fraction of sp³-hybridized carbons (Fsp3) is 0.200. The third-order valence-electron chi connectivity index (χ3n) is 4.38. The number of rotatable bonds is 3. The van der Waals surface area contributed by atoms with Crippen LogP contribution in [0.2, 0.25) is 0 Å². The molecule has 0 bridgehead atoms. The smallest absolute Gasteiger partial charge is 0.158 e. The molecular weight excluding hydrogens is 303 g/mol. The molecule has 1 aromatic heterocycles. The Labute approximate surface area is 140 Å². The van der Waals surface area contributed by atoms with Gasteiger partial charge in [0.1, 0.15) is 5.82 Å². The standard InChI is InChI=1S/C20H19FN2O/c1-15-2-6-19(7-3-15)23-12-13-24-20(23)16-10-11-22(14-16)18-8-4-17(21)5-9-18/h2-11,14,20H,12-13H2,1H3. The van der Waals surface area contributed by atoms with Crippen molar-refractivity contribution in [3.8, 4) is 5.69 Å². The van der Waals surface area contributed by atoms with E-state index in [0.717, 1.165) is 23.5 Å². The highest BCUT2D eigenvalue weighted by Crippen LogP contribution is 2.32. The molecular formula is C20H19FN2O. The van der Waals surface area contributed by atoms with Gasteiger partial charge in [0.05, 0.1) is 6.61 Å². The number of halogens is 1. The van der Waals surface area contributed by atoms with Gasteiger partial charge in [0.2, 0.25) is 0 Å². The van der Waals surface area contributed by atoms with E-state index in [0.29, 0.717) is 6.61 Å². The number of aryl methyl sites for hydroxylation is 1. The minimum absolute atomic E-state index is 0.0885. The first-order chi connectivity index (χ1) is 11.7. The quantitative estimate of drug-likeness (QED) is 0.708. The van der Waals surface area contributed by atoms with E-state index in [2.05, 4.69) is 42.2 Å². The molecule has 2 aromatic carbocycles. The molecule has 3 aromatic rings. The Kier molecular flexibility index (Phi) is 3.82. The molecule has 4 heteroatoms. The fourth-order valence-electron chi connectivity index (χ4n) is 3.08. The van der Waals surface area contributed by atoms with Crippen molar-refractivity contribution in [2.45, 2.75) is 13.2 Å². The van der Waals surface area contributed by atoms with Gasteiger partial charge in [-0.3, -0.25) is 0 Å². The second-order valence-electron chi connectivity index (χ2n) is 6.08. The molecule has 24 heavy (non-hydrogen) atoms. The molecule has 122 valence electrons. The Morgan fingerprint density at radius 1 is 0.958 bits per heavy atom. The maximum Gasteiger partial charge on any atom is 0.158 e. The van der Waals surface area contributed by atoms with E-state index in [9.17, 15) is 4.39 Å². The Hall–Kier alpha value is -2.59. The van der Waals surface area contributed by atoms with Crippen LogP contribution in [0.1, 0.15) is 17.4 Å². The highest BCUT2D eigenvalue weighted by Gasteiger charge is 2.27. The van der Waals surface area contributed by atoms with Crippen LogP contribution in [0.5, 0.6) is 0 Å². The normalized spacial score (nSPS) is 17.4. The fourth-order valence-corrected chi connectivity index (χ4v) is 3.08. The van der Waals surface area contributed by atoms with E-state index in [1.807, 2.05) is 17.0 Å². The van der Waals surface area contributed by atoms with Crippen LogP contribution in [0.3, 0.4) is 0 Å². The summed E-state index contributed by atoms with van der Waals surface area (Å²) in [7, 11) is 0. The van der Waals surface area contributed by atoms with Crippen LogP contribution in [0.4, 0.5) is 10.1 Å². The van der Waals surface area contributed by atoms with Crippen molar-refractivity contribution >= 4 is 5.69 Å². The first-order valence-corrected chi connectivity index (χ1v) is 8.09. The number of anilines is 1. The van der Waals surface area contributed by atoms with Gasteiger partial charge < -0.3 is 14.2 Å². The third-order valence-corrected chi connectivity index (χ3v) is 4.38. The van der Waals surface area contributed by atoms with Gasteiger partial charge in [0, 0.05) is 35.9 Å². The topological polar surface area (TPSA) is 17.4 Å². The van der Waals surface area contributed by atoms with E-state index >= 15 is 0 Å². The predicted octanol–water partition coefficient (Wildman–Crippen LogP) is 4.46. The third kappa shape index (κ3) is 2.81. The summed E-state index contributed by atoms with van der Waals surface area (Å²) in [6.07, 6.45) is 3.94. The van der Waals surface area contributed by atoms with Crippen molar-refractivity contribution in [2.75, 3.05) is 18.1 Å². The van der Waals surface area contributed by atoms with Gasteiger partial charge in [-0.2, -0.15) is 0 Å². The number of nitrogens with zero attached hydrogens (tertiary/aromatic N) is 2. The van der Waals surface area contributed by atoms with Gasteiger partial charge in [-0.25, -0.2) is 4.39 Å². The van der Waals surface area contributed by atoms with E-state index < -0.39 is 0 Å². The summed E-state index contributed by atoms with van der Waals surface area (Å²) in [5, 5.41) is 0. The summed E-state index contributed by atoms with van der Waals surface area (Å²) in [4.78, 5) is 2.27. The van der Waals surface area contributed by atoms with Crippen LogP contribution in [-0.4, -0.2) is 17.7 Å². The summed E-state index contributed by atoms with van der Waals surface area (Å²) in [5.41, 5.74) is 4.44. The van der Waals surface area contributed by atoms with E-state index in [-0.39, 0.29) is 12.0 Å². The van der Waals surface area contributed by atoms with Crippen molar-refractivity contribution < 1.29 is 9.13 Å². The highest BCUT2D eigenvalue weighted by atomic mass is 19.1. The molecule has 1 saturated heterocycles. The Morgan fingerprint density at radius 2 is 1.67 bits per heavy atom. The summed E-state index contributed by atoms with van der Waals surface area (Å²) < 4.78 is 21.0. The van der Waals surface area contributed by atoms with Crippen LogP contribution in [-0.2, 0) is 4.74 Å². The van der Waals surface area contributed by atoms with Gasteiger partial charge >= 0.3 is 0 Å². The molecule has 0 spiro atoms. The zero-order chi connectivity index (χ0) is 16.5. The van der Waals surface area contributed by atoms with Crippen molar-refractivity contribution in [2.24, 2.45) is 0 Å². The Morgan fingerprint density at radius 3 is 2.42 bits per heavy atom. The average molecular weight is 322 g/mol. The van der Waals surface area contributed by atoms with Gasteiger partial charge in [-0.05, 0) is 49.4 Å². The molecule has 0 radical (unpaired) electrons. The average Bonchev–Trinajstić information content (AvgIpc) is 3.25. The maximum atomic E-state index is 13.1. The summed E-state index contributed by atoms with van der Waals surface area (Å²) in [5.74, 6) is -0.226. The van der Waals surface area contributed by atoms with Gasteiger partial charge in [0.15, 0.2) is 6.23 Å². The monoisotopic (exact) mass is 322 g/mol. The van der Waals surface area contributed by atoms with Crippen molar-refractivity contribution in [3.63, 3.8) is 0 Å². The largest absolute Gasteiger partial charge is 0.352 e. The lowest BCUT2D eigenvalue weighted by atomic mass is 10.2. The van der Waals surface area contributed by atoms with Crippen LogP contribution < -0.4 is 4.90 Å². The van der Waals surface area contributed by atoms with Gasteiger partial charge in [-0.15, -0.1) is 0 Å². The van der Waals surface area contributed by atoms with Crippen molar-refractivity contribution in [1.29, 1.82) is 0 Å². The molecule has 2 heterocycles. The second kappa shape index (κ2) is 6.13. The van der Waals surface area contributed by atoms with Gasteiger partial charge in [-0.1, -0.05) is 17.7 Å². The SMILES string of the molecule is Cc1ccc(N2CCOC2c2ccn(-c3ccc(F)cc3)c2)cc1. The number of benzene rings is 2. The lowest BCUT2D eigenvalue weighted by molar-refractivity contribution is 0.114. The second-order valence-corrected chi connectivity index (χ2v) is 6.08. The van der Waals surface area contributed by atoms with Crippen LogP contribution in [0.15, 0.2) is 67.0 Å². The highest BCUT2D eigenvalue weighted by molar-refractivity contribution is 5.50. The van der Waals surface area contributed by atoms with Gasteiger partial charge in [0.25, 0.3) is 0 Å². The minimum atomic E-state index is -0.226. The first kappa shape index (κ1) is 15.0. The maximum absolute atomic E-state index is 13.1. The number of hydrogen-bond acceptors (Lipinski definition) is 2. The zero-order valence-electron chi connectivity index (χ0n) is 13.5. The van der Waals surface area contributed by atoms with E-state index in [1.165, 1.54) is 17.7 Å². The predicted molar refractivity (Wildman–Crippen MR) is 92.9 cm³/mol. The number of hydrogen-bond donors (Lipinski definition) is 0. The van der Waals surface area contributed by atoms with E-state index in [4.69, 9.17) is 4.74 Å². The Balaban J connectivity index is 1.61. The number of aromatic nitrogens is 1. The van der Waals surface area contributed by atoms with E-state index in [1.54, 1.807) is 12.1 Å². The van der Waals surface area contributed by atoms with Crippen LogP contribution in [0, 0.1) is 12.7 Å².